The summed E-state index contributed by atoms with van der Waals surface area (Å²) in [6.07, 6.45) is 2.62. The highest BCUT2D eigenvalue weighted by Crippen LogP contribution is 2.47. The van der Waals surface area contributed by atoms with Crippen LogP contribution in [-0.4, -0.2) is 22.8 Å². The van der Waals surface area contributed by atoms with Crippen molar-refractivity contribution in [2.75, 3.05) is 6.61 Å². The molecule has 3 nitrogen and oxygen atoms in total. The van der Waals surface area contributed by atoms with Gasteiger partial charge in [-0.15, -0.1) is 0 Å². The molecule has 3 unspecified atom stereocenters. The summed E-state index contributed by atoms with van der Waals surface area (Å²) in [5, 5.41) is 18.8. The van der Waals surface area contributed by atoms with Gasteiger partial charge in [-0.2, -0.15) is 0 Å². The Morgan fingerprint density at radius 2 is 2.07 bits per heavy atom. The highest BCUT2D eigenvalue weighted by atomic mass is 16.4. The number of aliphatic hydroxyl groups excluding tert-OH is 1. The summed E-state index contributed by atoms with van der Waals surface area (Å²) >= 11 is 0. The summed E-state index contributed by atoms with van der Waals surface area (Å²) in [7, 11) is 0. The van der Waals surface area contributed by atoms with E-state index >= 15 is 0 Å². The fraction of sp³-hybridized carbons (Fsp3) is 0.917. The van der Waals surface area contributed by atoms with E-state index in [0.29, 0.717) is 18.3 Å². The van der Waals surface area contributed by atoms with Gasteiger partial charge in [-0.05, 0) is 30.6 Å². The Morgan fingerprint density at radius 1 is 1.47 bits per heavy atom. The summed E-state index contributed by atoms with van der Waals surface area (Å²) in [5.41, 5.74) is -0.897. The minimum atomic E-state index is -0.897. The van der Waals surface area contributed by atoms with Crippen molar-refractivity contribution >= 4 is 5.97 Å². The average molecular weight is 214 g/mol. The van der Waals surface area contributed by atoms with E-state index in [-0.39, 0.29) is 12.5 Å². The minimum absolute atomic E-state index is 0.108. The van der Waals surface area contributed by atoms with Gasteiger partial charge in [0.1, 0.15) is 0 Å². The van der Waals surface area contributed by atoms with Crippen LogP contribution in [0.3, 0.4) is 0 Å². The molecule has 3 heteroatoms. The lowest BCUT2D eigenvalue weighted by Crippen LogP contribution is -2.48. The van der Waals surface area contributed by atoms with Crippen LogP contribution < -0.4 is 0 Å². The molecule has 1 aliphatic carbocycles. The minimum Gasteiger partial charge on any atom is -0.481 e. The van der Waals surface area contributed by atoms with Gasteiger partial charge in [-0.1, -0.05) is 27.2 Å². The lowest BCUT2D eigenvalue weighted by molar-refractivity contribution is -0.162. The lowest BCUT2D eigenvalue weighted by atomic mass is 9.60. The second-order valence-electron chi connectivity index (χ2n) is 5.36. The van der Waals surface area contributed by atoms with Crippen LogP contribution in [0.25, 0.3) is 0 Å². The van der Waals surface area contributed by atoms with Crippen molar-refractivity contribution in [1.29, 1.82) is 0 Å². The summed E-state index contributed by atoms with van der Waals surface area (Å²) in [4.78, 5) is 11.4. The van der Waals surface area contributed by atoms with Crippen molar-refractivity contribution in [3.05, 3.63) is 0 Å². The Balaban J connectivity index is 2.99. The van der Waals surface area contributed by atoms with Gasteiger partial charge < -0.3 is 10.2 Å². The Morgan fingerprint density at radius 3 is 2.47 bits per heavy atom. The molecule has 0 aromatic carbocycles. The molecule has 3 atom stereocenters. The highest BCUT2D eigenvalue weighted by molar-refractivity contribution is 5.75. The maximum Gasteiger partial charge on any atom is 0.312 e. The normalized spacial score (nSPS) is 36.9. The lowest BCUT2D eigenvalue weighted by Gasteiger charge is -2.44. The van der Waals surface area contributed by atoms with Crippen LogP contribution in [0.4, 0.5) is 0 Å². The second-order valence-corrected chi connectivity index (χ2v) is 5.36. The van der Waals surface area contributed by atoms with E-state index in [9.17, 15) is 15.0 Å². The Bertz CT molecular complexity index is 237. The maximum absolute atomic E-state index is 11.4. The third-order valence-corrected chi connectivity index (χ3v) is 3.91. The van der Waals surface area contributed by atoms with E-state index in [1.165, 1.54) is 0 Å². The first kappa shape index (κ1) is 12.5. The van der Waals surface area contributed by atoms with Crippen molar-refractivity contribution in [1.82, 2.24) is 0 Å². The first-order valence-corrected chi connectivity index (χ1v) is 5.78. The van der Waals surface area contributed by atoms with E-state index in [4.69, 9.17) is 0 Å². The molecule has 1 saturated carbocycles. The average Bonchev–Trinajstić information content (AvgIpc) is 2.16. The topological polar surface area (TPSA) is 57.5 Å². The van der Waals surface area contributed by atoms with Crippen LogP contribution in [0, 0.1) is 23.2 Å². The summed E-state index contributed by atoms with van der Waals surface area (Å²) in [5.74, 6) is 0.00968. The number of carbonyl (C=O) groups is 1. The van der Waals surface area contributed by atoms with Crippen molar-refractivity contribution in [3.8, 4) is 0 Å². The van der Waals surface area contributed by atoms with Gasteiger partial charge in [0.25, 0.3) is 0 Å². The Hall–Kier alpha value is -0.570. The first-order valence-electron chi connectivity index (χ1n) is 5.78. The molecule has 15 heavy (non-hydrogen) atoms. The summed E-state index contributed by atoms with van der Waals surface area (Å²) in [6.45, 7) is 5.95. The molecule has 0 amide bonds. The molecule has 0 saturated heterocycles. The van der Waals surface area contributed by atoms with Gasteiger partial charge in [0.2, 0.25) is 0 Å². The van der Waals surface area contributed by atoms with Crippen molar-refractivity contribution in [2.45, 2.75) is 40.0 Å². The molecule has 2 N–H and O–H groups in total. The van der Waals surface area contributed by atoms with Gasteiger partial charge in [-0.25, -0.2) is 0 Å². The predicted molar refractivity (Wildman–Crippen MR) is 58.5 cm³/mol. The third-order valence-electron chi connectivity index (χ3n) is 3.91. The van der Waals surface area contributed by atoms with Gasteiger partial charge in [-0.3, -0.25) is 4.79 Å². The zero-order valence-corrected chi connectivity index (χ0v) is 9.86. The van der Waals surface area contributed by atoms with E-state index in [0.717, 1.165) is 12.8 Å². The van der Waals surface area contributed by atoms with Gasteiger partial charge >= 0.3 is 5.97 Å². The number of aliphatic hydroxyl groups is 1. The summed E-state index contributed by atoms with van der Waals surface area (Å²) < 4.78 is 0. The molecule has 0 aromatic heterocycles. The molecule has 1 fully saturated rings. The fourth-order valence-electron chi connectivity index (χ4n) is 3.08. The number of carboxylic acid groups (broad SMARTS) is 1. The van der Waals surface area contributed by atoms with Crippen molar-refractivity contribution in [3.63, 3.8) is 0 Å². The molecule has 0 radical (unpaired) electrons. The quantitative estimate of drug-likeness (QED) is 0.756. The van der Waals surface area contributed by atoms with Crippen LogP contribution in [0.1, 0.15) is 40.0 Å². The molecule has 0 aliphatic heterocycles. The van der Waals surface area contributed by atoms with Crippen molar-refractivity contribution < 1.29 is 15.0 Å². The molecule has 0 aromatic rings. The number of hydrogen-bond donors (Lipinski definition) is 2. The molecule has 0 heterocycles. The molecule has 1 aliphatic rings. The standard InChI is InChI=1S/C12H22O3/c1-8(2)10-5-4-9(3)6-12(10,7-13)11(14)15/h8-10,13H,4-7H2,1-3H3,(H,14,15). The van der Waals surface area contributed by atoms with Crippen molar-refractivity contribution in [2.24, 2.45) is 23.2 Å². The molecule has 88 valence electrons. The van der Waals surface area contributed by atoms with E-state index < -0.39 is 11.4 Å². The highest BCUT2D eigenvalue weighted by Gasteiger charge is 2.49. The smallest absolute Gasteiger partial charge is 0.312 e. The number of carboxylic acids is 1. The van der Waals surface area contributed by atoms with E-state index in [1.807, 2.05) is 13.8 Å². The largest absolute Gasteiger partial charge is 0.481 e. The number of aliphatic carboxylic acids is 1. The second kappa shape index (κ2) is 4.52. The number of rotatable bonds is 3. The fourth-order valence-corrected chi connectivity index (χ4v) is 3.08. The zero-order valence-electron chi connectivity index (χ0n) is 9.86. The van der Waals surface area contributed by atoms with Crippen LogP contribution in [-0.2, 0) is 4.79 Å². The summed E-state index contributed by atoms with van der Waals surface area (Å²) in [6, 6.07) is 0. The van der Waals surface area contributed by atoms with Gasteiger partial charge in [0, 0.05) is 0 Å². The first-order chi connectivity index (χ1) is 6.94. The van der Waals surface area contributed by atoms with Crippen LogP contribution in [0.5, 0.6) is 0 Å². The molecular weight excluding hydrogens is 192 g/mol. The van der Waals surface area contributed by atoms with Gasteiger partial charge in [0.05, 0.1) is 12.0 Å². The number of hydrogen-bond acceptors (Lipinski definition) is 2. The molecule has 0 bridgehead atoms. The van der Waals surface area contributed by atoms with Crippen LogP contribution in [0.15, 0.2) is 0 Å². The van der Waals surface area contributed by atoms with Crippen LogP contribution in [0.2, 0.25) is 0 Å². The third kappa shape index (κ3) is 2.17. The zero-order chi connectivity index (χ0) is 11.6. The van der Waals surface area contributed by atoms with Gasteiger partial charge in [0.15, 0.2) is 0 Å². The maximum atomic E-state index is 11.4. The molecular formula is C12H22O3. The molecule has 1 rings (SSSR count). The predicted octanol–water partition coefficient (Wildman–Crippen LogP) is 2.14. The monoisotopic (exact) mass is 214 g/mol. The SMILES string of the molecule is CC1CCC(C(C)C)C(CO)(C(=O)O)C1. The van der Waals surface area contributed by atoms with E-state index in [2.05, 4.69) is 6.92 Å². The van der Waals surface area contributed by atoms with E-state index in [1.54, 1.807) is 0 Å². The Kier molecular flexibility index (Phi) is 3.77. The molecule has 0 spiro atoms. The van der Waals surface area contributed by atoms with Crippen LogP contribution >= 0.6 is 0 Å². The Labute approximate surface area is 91.5 Å².